The van der Waals surface area contributed by atoms with Gasteiger partial charge in [0, 0.05) is 37.3 Å². The summed E-state index contributed by atoms with van der Waals surface area (Å²) >= 11 is 0. The lowest BCUT2D eigenvalue weighted by Gasteiger charge is -2.27. The first-order chi connectivity index (χ1) is 11.7. The average molecular weight is 329 g/mol. The van der Waals surface area contributed by atoms with Crippen LogP contribution in [0.2, 0.25) is 0 Å². The summed E-state index contributed by atoms with van der Waals surface area (Å²) in [5.74, 6) is -0.382. The molecule has 0 unspecified atom stereocenters. The number of benzene rings is 1. The molecule has 0 bridgehead atoms. The summed E-state index contributed by atoms with van der Waals surface area (Å²) in [6.07, 6.45) is 0.814. The van der Waals surface area contributed by atoms with Gasteiger partial charge in [0.1, 0.15) is 0 Å². The second-order valence-electron chi connectivity index (χ2n) is 5.89. The van der Waals surface area contributed by atoms with Crippen LogP contribution in [0, 0.1) is 0 Å². The Morgan fingerprint density at radius 2 is 2.12 bits per heavy atom. The number of ether oxygens (including phenoxy) is 1. The van der Waals surface area contributed by atoms with E-state index in [-0.39, 0.29) is 12.6 Å². The van der Waals surface area contributed by atoms with Gasteiger partial charge in [0.05, 0.1) is 19.8 Å². The Balaban J connectivity index is 1.84. The van der Waals surface area contributed by atoms with Gasteiger partial charge in [-0.2, -0.15) is 5.10 Å². The van der Waals surface area contributed by atoms with E-state index in [1.54, 1.807) is 11.6 Å². The molecule has 0 spiro atoms. The van der Waals surface area contributed by atoms with Crippen LogP contribution in [0.1, 0.15) is 34.2 Å². The second-order valence-corrected chi connectivity index (χ2v) is 5.89. The van der Waals surface area contributed by atoms with Crippen molar-refractivity contribution in [3.8, 4) is 0 Å². The van der Waals surface area contributed by atoms with E-state index in [2.05, 4.69) is 22.1 Å². The molecular formula is C18H23N3O3. The van der Waals surface area contributed by atoms with Crippen LogP contribution >= 0.6 is 0 Å². The molecule has 6 heteroatoms. The van der Waals surface area contributed by atoms with Gasteiger partial charge in [0.15, 0.2) is 5.69 Å². The summed E-state index contributed by atoms with van der Waals surface area (Å²) in [5.41, 5.74) is 3.61. The van der Waals surface area contributed by atoms with E-state index in [4.69, 9.17) is 4.74 Å². The zero-order chi connectivity index (χ0) is 16.9. The molecule has 2 aromatic rings. The number of fused-ring (bicyclic) bond motifs is 1. The number of rotatable bonds is 6. The Hall–Kier alpha value is -2.18. The van der Waals surface area contributed by atoms with Crippen LogP contribution in [0.4, 0.5) is 0 Å². The van der Waals surface area contributed by atoms with Gasteiger partial charge in [-0.25, -0.2) is 4.79 Å². The van der Waals surface area contributed by atoms with E-state index in [1.165, 1.54) is 5.56 Å². The zero-order valence-corrected chi connectivity index (χ0v) is 13.9. The fourth-order valence-corrected chi connectivity index (χ4v) is 3.17. The number of hydrogen-bond acceptors (Lipinski definition) is 5. The molecule has 1 aliphatic rings. The number of aliphatic hydroxyl groups excluding tert-OH is 1. The summed E-state index contributed by atoms with van der Waals surface area (Å²) in [6, 6.07) is 10.3. The number of nitrogens with zero attached hydrogens (tertiary/aromatic N) is 3. The van der Waals surface area contributed by atoms with Crippen LogP contribution in [-0.4, -0.2) is 45.5 Å². The standard InChI is InChI=1S/C18H23N3O3/c1-2-24-18(23)17-15-13-20(12-14-6-4-3-5-7-14)9-8-16(15)21(19-17)10-11-22/h3-7,22H,2,8-13H2,1H3. The number of esters is 1. The summed E-state index contributed by atoms with van der Waals surface area (Å²) < 4.78 is 6.89. The lowest BCUT2D eigenvalue weighted by atomic mass is 10.0. The van der Waals surface area contributed by atoms with Crippen molar-refractivity contribution < 1.29 is 14.6 Å². The fraction of sp³-hybridized carbons (Fsp3) is 0.444. The smallest absolute Gasteiger partial charge is 0.359 e. The molecule has 1 N–H and O–H groups in total. The maximum Gasteiger partial charge on any atom is 0.359 e. The molecule has 3 rings (SSSR count). The molecule has 1 aromatic carbocycles. The van der Waals surface area contributed by atoms with Crippen molar-refractivity contribution in [1.82, 2.24) is 14.7 Å². The molecule has 0 saturated carbocycles. The molecule has 0 aliphatic carbocycles. The van der Waals surface area contributed by atoms with Crippen LogP contribution in [-0.2, 0) is 30.8 Å². The lowest BCUT2D eigenvalue weighted by molar-refractivity contribution is 0.0515. The average Bonchev–Trinajstić information content (AvgIpc) is 2.95. The van der Waals surface area contributed by atoms with E-state index < -0.39 is 0 Å². The predicted molar refractivity (Wildman–Crippen MR) is 89.5 cm³/mol. The van der Waals surface area contributed by atoms with E-state index >= 15 is 0 Å². The van der Waals surface area contributed by atoms with Crippen LogP contribution in [0.25, 0.3) is 0 Å². The third-order valence-electron chi connectivity index (χ3n) is 4.24. The summed E-state index contributed by atoms with van der Waals surface area (Å²) in [5, 5.41) is 13.6. The molecule has 0 fully saturated rings. The van der Waals surface area contributed by atoms with Crippen molar-refractivity contribution in [2.75, 3.05) is 19.8 Å². The molecule has 2 heterocycles. The van der Waals surface area contributed by atoms with Gasteiger partial charge in [-0.15, -0.1) is 0 Å². The Bertz CT molecular complexity index is 697. The van der Waals surface area contributed by atoms with Gasteiger partial charge in [-0.3, -0.25) is 9.58 Å². The number of hydrogen-bond donors (Lipinski definition) is 1. The van der Waals surface area contributed by atoms with Crippen molar-refractivity contribution in [2.45, 2.75) is 33.0 Å². The topological polar surface area (TPSA) is 67.6 Å². The third-order valence-corrected chi connectivity index (χ3v) is 4.24. The van der Waals surface area contributed by atoms with Gasteiger partial charge in [0.25, 0.3) is 0 Å². The number of aromatic nitrogens is 2. The highest BCUT2D eigenvalue weighted by Gasteiger charge is 2.28. The van der Waals surface area contributed by atoms with Gasteiger partial charge >= 0.3 is 5.97 Å². The first-order valence-corrected chi connectivity index (χ1v) is 8.35. The third kappa shape index (κ3) is 3.49. The summed E-state index contributed by atoms with van der Waals surface area (Å²) in [6.45, 7) is 4.94. The van der Waals surface area contributed by atoms with Gasteiger partial charge < -0.3 is 9.84 Å². The maximum absolute atomic E-state index is 12.2. The highest BCUT2D eigenvalue weighted by atomic mass is 16.5. The van der Waals surface area contributed by atoms with E-state index in [1.807, 2.05) is 18.2 Å². The Morgan fingerprint density at radius 3 is 2.83 bits per heavy atom. The monoisotopic (exact) mass is 329 g/mol. The minimum Gasteiger partial charge on any atom is -0.461 e. The first kappa shape index (κ1) is 16.7. The highest BCUT2D eigenvalue weighted by Crippen LogP contribution is 2.24. The highest BCUT2D eigenvalue weighted by molar-refractivity contribution is 5.89. The minimum atomic E-state index is -0.382. The van der Waals surface area contributed by atoms with E-state index in [0.717, 1.165) is 30.8 Å². The largest absolute Gasteiger partial charge is 0.461 e. The summed E-state index contributed by atoms with van der Waals surface area (Å²) in [7, 11) is 0. The minimum absolute atomic E-state index is 0.00408. The van der Waals surface area contributed by atoms with Crippen LogP contribution in [0.3, 0.4) is 0 Å². The van der Waals surface area contributed by atoms with Gasteiger partial charge in [-0.05, 0) is 12.5 Å². The Kier molecular flexibility index (Phi) is 5.27. The normalized spacial score (nSPS) is 14.4. The number of carbonyl (C=O) groups is 1. The van der Waals surface area contributed by atoms with Crippen molar-refractivity contribution in [3.05, 3.63) is 52.8 Å². The summed E-state index contributed by atoms with van der Waals surface area (Å²) in [4.78, 5) is 14.5. The molecule has 0 amide bonds. The predicted octanol–water partition coefficient (Wildman–Crippen LogP) is 1.61. The molecule has 0 radical (unpaired) electrons. The molecule has 0 saturated heterocycles. The van der Waals surface area contributed by atoms with Crippen molar-refractivity contribution in [2.24, 2.45) is 0 Å². The molecule has 6 nitrogen and oxygen atoms in total. The number of carbonyl (C=O) groups excluding carboxylic acids is 1. The van der Waals surface area contributed by atoms with Crippen molar-refractivity contribution >= 4 is 5.97 Å². The fourth-order valence-electron chi connectivity index (χ4n) is 3.17. The molecule has 1 aromatic heterocycles. The quantitative estimate of drug-likeness (QED) is 0.816. The van der Waals surface area contributed by atoms with Gasteiger partial charge in [-0.1, -0.05) is 30.3 Å². The van der Waals surface area contributed by atoms with Gasteiger partial charge in [0.2, 0.25) is 0 Å². The Labute approximate surface area is 141 Å². The van der Waals surface area contributed by atoms with Crippen molar-refractivity contribution in [3.63, 3.8) is 0 Å². The van der Waals surface area contributed by atoms with Crippen LogP contribution in [0.5, 0.6) is 0 Å². The molecule has 24 heavy (non-hydrogen) atoms. The molecular weight excluding hydrogens is 306 g/mol. The van der Waals surface area contributed by atoms with Crippen LogP contribution < -0.4 is 0 Å². The number of aliphatic hydroxyl groups is 1. The van der Waals surface area contributed by atoms with Crippen molar-refractivity contribution in [1.29, 1.82) is 0 Å². The Morgan fingerprint density at radius 1 is 1.33 bits per heavy atom. The zero-order valence-electron chi connectivity index (χ0n) is 13.9. The lowest BCUT2D eigenvalue weighted by Crippen LogP contribution is -2.31. The molecule has 128 valence electrons. The van der Waals surface area contributed by atoms with E-state index in [0.29, 0.717) is 25.4 Å². The second kappa shape index (κ2) is 7.59. The molecule has 0 atom stereocenters. The maximum atomic E-state index is 12.2. The first-order valence-electron chi connectivity index (χ1n) is 8.35. The van der Waals surface area contributed by atoms with E-state index in [9.17, 15) is 9.90 Å². The molecule has 1 aliphatic heterocycles. The SMILES string of the molecule is CCOC(=O)c1nn(CCO)c2c1CN(Cc1ccccc1)CC2. The van der Waals surface area contributed by atoms with Crippen LogP contribution in [0.15, 0.2) is 30.3 Å².